The molecule has 1 heterocycles. The predicted octanol–water partition coefficient (Wildman–Crippen LogP) is 2.40. The van der Waals surface area contributed by atoms with E-state index < -0.39 is 17.5 Å². The molecule has 23 heavy (non-hydrogen) atoms. The van der Waals surface area contributed by atoms with Crippen LogP contribution in [0.5, 0.6) is 5.75 Å². The van der Waals surface area contributed by atoms with Gasteiger partial charge >= 0.3 is 5.97 Å². The summed E-state index contributed by atoms with van der Waals surface area (Å²) in [7, 11) is 1.53. The van der Waals surface area contributed by atoms with E-state index in [2.05, 4.69) is 0 Å². The molecule has 3 rings (SSSR count). The van der Waals surface area contributed by atoms with Crippen molar-refractivity contribution in [3.8, 4) is 5.75 Å². The van der Waals surface area contributed by atoms with Crippen LogP contribution in [-0.4, -0.2) is 28.4 Å². The maximum atomic E-state index is 11.1. The zero-order chi connectivity index (χ0) is 16.6. The topological polar surface area (TPSA) is 100 Å². The Morgan fingerprint density at radius 3 is 2.65 bits per heavy atom. The molecule has 0 aliphatic heterocycles. The van der Waals surface area contributed by atoms with Gasteiger partial charge in [0.15, 0.2) is 11.3 Å². The van der Waals surface area contributed by atoms with Crippen LogP contribution in [0.3, 0.4) is 0 Å². The van der Waals surface area contributed by atoms with Crippen molar-refractivity contribution in [3.63, 3.8) is 0 Å². The van der Waals surface area contributed by atoms with E-state index in [1.54, 1.807) is 18.2 Å². The molecule has 124 valence electrons. The van der Waals surface area contributed by atoms with Crippen molar-refractivity contribution in [2.45, 2.75) is 37.9 Å². The molecule has 0 unspecified atom stereocenters. The minimum absolute atomic E-state index is 0.239. The Morgan fingerprint density at radius 2 is 2.09 bits per heavy atom. The third-order valence-corrected chi connectivity index (χ3v) is 4.74. The molecular formula is C17H20O6. The Morgan fingerprint density at radius 1 is 1.39 bits per heavy atom. The lowest BCUT2D eigenvalue weighted by atomic mass is 9.74. The van der Waals surface area contributed by atoms with Crippen LogP contribution in [-0.2, 0) is 17.0 Å². The minimum atomic E-state index is -1.09. The average Bonchev–Trinajstić information content (AvgIpc) is 2.98. The van der Waals surface area contributed by atoms with Crippen molar-refractivity contribution >= 4 is 16.9 Å². The molecule has 1 saturated carbocycles. The van der Waals surface area contributed by atoms with Gasteiger partial charge in [0.1, 0.15) is 12.4 Å². The summed E-state index contributed by atoms with van der Waals surface area (Å²) in [6, 6.07) is 5.22. The fourth-order valence-corrected chi connectivity index (χ4v) is 3.41. The molecule has 1 aromatic heterocycles. The number of ether oxygens (including phenoxy) is 1. The summed E-state index contributed by atoms with van der Waals surface area (Å²) >= 11 is 0. The van der Waals surface area contributed by atoms with Crippen LogP contribution >= 0.6 is 0 Å². The van der Waals surface area contributed by atoms with Gasteiger partial charge in [-0.05, 0) is 43.4 Å². The summed E-state index contributed by atoms with van der Waals surface area (Å²) in [5.74, 6) is -0.279. The molecule has 6 heteroatoms. The molecule has 2 aromatic rings. The third-order valence-electron chi connectivity index (χ3n) is 4.74. The Hall–Kier alpha value is -2.05. The molecule has 1 aromatic carbocycles. The highest BCUT2D eigenvalue weighted by molar-refractivity contribution is 5.88. The fourth-order valence-electron chi connectivity index (χ4n) is 3.41. The second-order valence-corrected chi connectivity index (χ2v) is 6.07. The molecule has 0 bridgehead atoms. The number of hydrogen-bond donors (Lipinski definition) is 3. The van der Waals surface area contributed by atoms with E-state index in [0.717, 1.165) is 0 Å². The number of hydrogen-bond acceptors (Lipinski definition) is 5. The number of furan rings is 1. The lowest BCUT2D eigenvalue weighted by Crippen LogP contribution is -2.33. The summed E-state index contributed by atoms with van der Waals surface area (Å²) in [4.78, 5) is 11.1. The predicted molar refractivity (Wildman–Crippen MR) is 82.2 cm³/mol. The SMILES string of the molecule is COc1ccc(C2(O)CCC(C(=O)O)CC2)c2cc(CO)oc12. The minimum Gasteiger partial charge on any atom is -0.493 e. The maximum absolute atomic E-state index is 11.1. The molecule has 0 saturated heterocycles. The number of aliphatic carboxylic acids is 1. The number of carboxylic acids is 1. The summed E-state index contributed by atoms with van der Waals surface area (Å²) in [5.41, 5.74) is 0.0935. The molecule has 0 atom stereocenters. The van der Waals surface area contributed by atoms with Gasteiger partial charge in [0, 0.05) is 5.39 Å². The van der Waals surface area contributed by atoms with Gasteiger partial charge in [0.25, 0.3) is 0 Å². The molecule has 3 N–H and O–H groups in total. The smallest absolute Gasteiger partial charge is 0.306 e. The zero-order valence-electron chi connectivity index (χ0n) is 12.9. The quantitative estimate of drug-likeness (QED) is 0.800. The number of aliphatic hydroxyl groups is 2. The van der Waals surface area contributed by atoms with Crippen LogP contribution in [0.15, 0.2) is 22.6 Å². The summed E-state index contributed by atoms with van der Waals surface area (Å²) in [5, 5.41) is 30.2. The second kappa shape index (κ2) is 5.86. The molecule has 1 fully saturated rings. The van der Waals surface area contributed by atoms with Gasteiger partial charge in [-0.2, -0.15) is 0 Å². The summed E-state index contributed by atoms with van der Waals surface area (Å²) < 4.78 is 10.9. The van der Waals surface area contributed by atoms with Crippen LogP contribution in [0.25, 0.3) is 11.0 Å². The largest absolute Gasteiger partial charge is 0.493 e. The van der Waals surface area contributed by atoms with Gasteiger partial charge in [0.05, 0.1) is 18.6 Å². The van der Waals surface area contributed by atoms with E-state index in [9.17, 15) is 15.0 Å². The van der Waals surface area contributed by atoms with E-state index in [1.165, 1.54) is 7.11 Å². The van der Waals surface area contributed by atoms with Crippen molar-refractivity contribution in [1.29, 1.82) is 0 Å². The monoisotopic (exact) mass is 320 g/mol. The summed E-state index contributed by atoms with van der Waals surface area (Å²) in [6.07, 6.45) is 1.63. The number of methoxy groups -OCH3 is 1. The highest BCUT2D eigenvalue weighted by Gasteiger charge is 2.38. The van der Waals surface area contributed by atoms with Gasteiger partial charge in [-0.1, -0.05) is 6.07 Å². The van der Waals surface area contributed by atoms with Crippen molar-refractivity contribution in [1.82, 2.24) is 0 Å². The van der Waals surface area contributed by atoms with Crippen LogP contribution in [0.4, 0.5) is 0 Å². The van der Waals surface area contributed by atoms with Crippen LogP contribution in [0.2, 0.25) is 0 Å². The first-order valence-corrected chi connectivity index (χ1v) is 7.64. The van der Waals surface area contributed by atoms with E-state index in [-0.39, 0.29) is 6.61 Å². The number of rotatable bonds is 4. The Kier molecular flexibility index (Phi) is 4.04. The first-order chi connectivity index (χ1) is 11.0. The maximum Gasteiger partial charge on any atom is 0.306 e. The van der Waals surface area contributed by atoms with Crippen LogP contribution in [0, 0.1) is 5.92 Å². The van der Waals surface area contributed by atoms with Crippen LogP contribution in [0.1, 0.15) is 37.0 Å². The molecule has 0 spiro atoms. The highest BCUT2D eigenvalue weighted by atomic mass is 16.5. The van der Waals surface area contributed by atoms with Crippen molar-refractivity contribution < 1.29 is 29.3 Å². The number of fused-ring (bicyclic) bond motifs is 1. The first-order valence-electron chi connectivity index (χ1n) is 7.64. The molecule has 0 amide bonds. The number of carboxylic acid groups (broad SMARTS) is 1. The standard InChI is InChI=1S/C17H20O6/c1-22-14-3-2-13(12-8-11(9-18)23-15(12)14)17(21)6-4-10(5-7-17)16(19)20/h2-3,8,10,18,21H,4-7,9H2,1H3,(H,19,20). The van der Waals surface area contributed by atoms with E-state index in [4.69, 9.17) is 14.3 Å². The molecule has 6 nitrogen and oxygen atoms in total. The molecule has 1 aliphatic rings. The number of benzene rings is 1. The van der Waals surface area contributed by atoms with Crippen LogP contribution < -0.4 is 4.74 Å². The van der Waals surface area contributed by atoms with Crippen molar-refractivity contribution in [2.24, 2.45) is 5.92 Å². The average molecular weight is 320 g/mol. The molecule has 0 radical (unpaired) electrons. The Labute approximate surface area is 133 Å². The first kappa shape index (κ1) is 15.8. The lowest BCUT2D eigenvalue weighted by molar-refractivity contribution is -0.144. The van der Waals surface area contributed by atoms with E-state index in [0.29, 0.717) is 53.7 Å². The van der Waals surface area contributed by atoms with Gasteiger partial charge in [-0.15, -0.1) is 0 Å². The fraction of sp³-hybridized carbons (Fsp3) is 0.471. The Bertz CT molecular complexity index is 724. The zero-order valence-corrected chi connectivity index (χ0v) is 12.9. The Balaban J connectivity index is 2.03. The van der Waals surface area contributed by atoms with E-state index in [1.807, 2.05) is 0 Å². The van der Waals surface area contributed by atoms with E-state index >= 15 is 0 Å². The van der Waals surface area contributed by atoms with Gasteiger partial charge < -0.3 is 24.5 Å². The lowest BCUT2D eigenvalue weighted by Gasteiger charge is -2.35. The number of aliphatic hydroxyl groups excluding tert-OH is 1. The second-order valence-electron chi connectivity index (χ2n) is 6.07. The van der Waals surface area contributed by atoms with Gasteiger partial charge in [0.2, 0.25) is 0 Å². The third kappa shape index (κ3) is 2.68. The highest BCUT2D eigenvalue weighted by Crippen LogP contribution is 2.44. The van der Waals surface area contributed by atoms with Crippen molar-refractivity contribution in [2.75, 3.05) is 7.11 Å². The van der Waals surface area contributed by atoms with Gasteiger partial charge in [-0.3, -0.25) is 4.79 Å². The molecule has 1 aliphatic carbocycles. The van der Waals surface area contributed by atoms with Gasteiger partial charge in [-0.25, -0.2) is 0 Å². The molecular weight excluding hydrogens is 300 g/mol. The van der Waals surface area contributed by atoms with Crippen molar-refractivity contribution in [3.05, 3.63) is 29.5 Å². The summed E-state index contributed by atoms with van der Waals surface area (Å²) in [6.45, 7) is -0.239. The number of carbonyl (C=O) groups is 1. The normalized spacial score (nSPS) is 24.7.